The largest absolute Gasteiger partial charge is 0.313 e. The highest BCUT2D eigenvalue weighted by atomic mass is 32.2. The number of hydrogen-bond donors (Lipinski definition) is 2. The molecule has 1 atom stereocenters. The molecule has 1 aliphatic carbocycles. The predicted molar refractivity (Wildman–Crippen MR) is 80.9 cm³/mol. The van der Waals surface area contributed by atoms with Gasteiger partial charge in [0.15, 0.2) is 0 Å². The Balaban J connectivity index is 1.97. The van der Waals surface area contributed by atoms with Crippen molar-refractivity contribution >= 4 is 10.0 Å². The molecule has 112 valence electrons. The van der Waals surface area contributed by atoms with Crippen molar-refractivity contribution in [2.24, 2.45) is 5.92 Å². The molecule has 1 saturated carbocycles. The topological polar surface area (TPSA) is 58.2 Å². The van der Waals surface area contributed by atoms with Crippen LogP contribution in [0.3, 0.4) is 0 Å². The highest BCUT2D eigenvalue weighted by molar-refractivity contribution is 7.89. The van der Waals surface area contributed by atoms with Crippen LogP contribution in [0.2, 0.25) is 0 Å². The zero-order valence-corrected chi connectivity index (χ0v) is 13.0. The fourth-order valence-electron chi connectivity index (χ4n) is 2.20. The van der Waals surface area contributed by atoms with Crippen LogP contribution in [0.4, 0.5) is 0 Å². The number of hydrogen-bond acceptors (Lipinski definition) is 3. The summed E-state index contributed by atoms with van der Waals surface area (Å²) in [4.78, 5) is 0.351. The lowest BCUT2D eigenvalue weighted by Crippen LogP contribution is -2.34. The average molecular weight is 296 g/mol. The Labute approximate surface area is 122 Å². The summed E-state index contributed by atoms with van der Waals surface area (Å²) in [5, 5.41) is 3.30. The van der Waals surface area contributed by atoms with Gasteiger partial charge in [-0.25, -0.2) is 13.1 Å². The molecular formula is C15H24N2O2S. The molecule has 1 aromatic carbocycles. The first-order valence-electron chi connectivity index (χ1n) is 7.35. The first-order chi connectivity index (χ1) is 9.53. The van der Waals surface area contributed by atoms with E-state index in [1.54, 1.807) is 12.1 Å². The van der Waals surface area contributed by atoms with Gasteiger partial charge in [0.1, 0.15) is 0 Å². The summed E-state index contributed by atoms with van der Waals surface area (Å²) in [5.41, 5.74) is 1.10. The Hall–Kier alpha value is -0.910. The van der Waals surface area contributed by atoms with E-state index in [1.165, 1.54) is 0 Å². The molecule has 0 aromatic heterocycles. The third-order valence-corrected chi connectivity index (χ3v) is 5.23. The van der Waals surface area contributed by atoms with E-state index in [0.29, 0.717) is 10.8 Å². The van der Waals surface area contributed by atoms with Crippen molar-refractivity contribution in [3.05, 3.63) is 29.8 Å². The highest BCUT2D eigenvalue weighted by Crippen LogP contribution is 2.33. The van der Waals surface area contributed by atoms with Crippen LogP contribution < -0.4 is 10.0 Å². The van der Waals surface area contributed by atoms with Crippen molar-refractivity contribution in [2.45, 2.75) is 50.6 Å². The molecule has 0 spiro atoms. The smallest absolute Gasteiger partial charge is 0.240 e. The van der Waals surface area contributed by atoms with E-state index in [2.05, 4.69) is 17.0 Å². The van der Waals surface area contributed by atoms with Gasteiger partial charge in [0.2, 0.25) is 10.0 Å². The fraction of sp³-hybridized carbons (Fsp3) is 0.600. The molecule has 0 saturated heterocycles. The maximum absolute atomic E-state index is 12.2. The molecule has 1 unspecified atom stereocenters. The average Bonchev–Trinajstić information content (AvgIpc) is 3.23. The van der Waals surface area contributed by atoms with Crippen molar-refractivity contribution in [2.75, 3.05) is 6.54 Å². The molecule has 0 amide bonds. The quantitative estimate of drug-likeness (QED) is 0.724. The first kappa shape index (κ1) is 15.5. The van der Waals surface area contributed by atoms with Crippen LogP contribution >= 0.6 is 0 Å². The fourth-order valence-corrected chi connectivity index (χ4v) is 3.51. The number of sulfonamides is 1. The molecule has 2 N–H and O–H groups in total. The number of rotatable bonds is 8. The molecule has 4 nitrogen and oxygen atoms in total. The van der Waals surface area contributed by atoms with Crippen LogP contribution in [-0.4, -0.2) is 21.0 Å². The lowest BCUT2D eigenvalue weighted by molar-refractivity contribution is 0.538. The van der Waals surface area contributed by atoms with Crippen molar-refractivity contribution in [1.82, 2.24) is 10.0 Å². The van der Waals surface area contributed by atoms with Crippen LogP contribution in [0.15, 0.2) is 29.2 Å². The summed E-state index contributed by atoms with van der Waals surface area (Å²) in [6.45, 7) is 5.81. The molecule has 2 rings (SSSR count). The van der Waals surface area contributed by atoms with E-state index in [0.717, 1.165) is 37.9 Å². The van der Waals surface area contributed by atoms with E-state index >= 15 is 0 Å². The minimum Gasteiger partial charge on any atom is -0.313 e. The van der Waals surface area contributed by atoms with E-state index in [9.17, 15) is 8.42 Å². The Bertz CT molecular complexity index is 521. The molecule has 5 heteroatoms. The molecule has 0 aliphatic heterocycles. The summed E-state index contributed by atoms with van der Waals surface area (Å²) in [6, 6.07) is 7.15. The first-order valence-corrected chi connectivity index (χ1v) is 8.83. The summed E-state index contributed by atoms with van der Waals surface area (Å²) in [6.07, 6.45) is 3.35. The zero-order chi connectivity index (χ0) is 14.6. The normalized spacial score (nSPS) is 17.1. The van der Waals surface area contributed by atoms with E-state index in [-0.39, 0.29) is 6.04 Å². The van der Waals surface area contributed by atoms with E-state index in [4.69, 9.17) is 0 Å². The van der Waals surface area contributed by atoms with Crippen molar-refractivity contribution in [1.29, 1.82) is 0 Å². The van der Waals surface area contributed by atoms with Crippen LogP contribution in [0.1, 0.15) is 38.7 Å². The summed E-state index contributed by atoms with van der Waals surface area (Å²) < 4.78 is 27.2. The molecule has 20 heavy (non-hydrogen) atoms. The third kappa shape index (κ3) is 4.30. The maximum atomic E-state index is 12.2. The Morgan fingerprint density at radius 3 is 2.45 bits per heavy atom. The summed E-state index contributed by atoms with van der Waals surface area (Å²) in [7, 11) is -3.38. The molecule has 0 bridgehead atoms. The zero-order valence-electron chi connectivity index (χ0n) is 12.2. The molecule has 1 fully saturated rings. The minimum absolute atomic E-state index is 0.0332. The van der Waals surface area contributed by atoms with Gasteiger partial charge >= 0.3 is 0 Å². The van der Waals surface area contributed by atoms with Gasteiger partial charge in [-0.15, -0.1) is 0 Å². The van der Waals surface area contributed by atoms with Crippen LogP contribution in [-0.2, 0) is 16.6 Å². The minimum atomic E-state index is -3.38. The van der Waals surface area contributed by atoms with Gasteiger partial charge in [-0.3, -0.25) is 0 Å². The highest BCUT2D eigenvalue weighted by Gasteiger charge is 2.31. The SMILES string of the molecule is CCCNCc1ccc(S(=O)(=O)NC(C)C2CC2)cc1. The van der Waals surface area contributed by atoms with Crippen molar-refractivity contribution in [3.8, 4) is 0 Å². The van der Waals surface area contributed by atoms with Gasteiger partial charge in [0.05, 0.1) is 4.90 Å². The van der Waals surface area contributed by atoms with Crippen LogP contribution in [0.5, 0.6) is 0 Å². The summed E-state index contributed by atoms with van der Waals surface area (Å²) >= 11 is 0. The number of nitrogens with one attached hydrogen (secondary N) is 2. The number of benzene rings is 1. The maximum Gasteiger partial charge on any atom is 0.240 e. The Morgan fingerprint density at radius 2 is 1.90 bits per heavy atom. The Kier molecular flexibility index (Phi) is 5.18. The standard InChI is InChI=1S/C15H24N2O2S/c1-3-10-16-11-13-4-8-15(9-5-13)20(18,19)17-12(2)14-6-7-14/h4-5,8-9,12,14,16-17H,3,6-7,10-11H2,1-2H3. The lowest BCUT2D eigenvalue weighted by atomic mass is 10.2. The summed E-state index contributed by atoms with van der Waals surface area (Å²) in [5.74, 6) is 0.516. The van der Waals surface area contributed by atoms with Gasteiger partial charge in [-0.2, -0.15) is 0 Å². The van der Waals surface area contributed by atoms with Crippen molar-refractivity contribution in [3.63, 3.8) is 0 Å². The third-order valence-electron chi connectivity index (χ3n) is 3.66. The van der Waals surface area contributed by atoms with Crippen molar-refractivity contribution < 1.29 is 8.42 Å². The molecule has 0 heterocycles. The van der Waals surface area contributed by atoms with E-state index < -0.39 is 10.0 Å². The second-order valence-corrected chi connectivity index (χ2v) is 7.28. The van der Waals surface area contributed by atoms with Crippen LogP contribution in [0, 0.1) is 5.92 Å². The van der Waals surface area contributed by atoms with Gasteiger partial charge in [-0.05, 0) is 56.3 Å². The molecule has 1 aromatic rings. The molecule has 0 radical (unpaired) electrons. The van der Waals surface area contributed by atoms with E-state index in [1.807, 2.05) is 19.1 Å². The lowest BCUT2D eigenvalue weighted by Gasteiger charge is -2.13. The van der Waals surface area contributed by atoms with Crippen LogP contribution in [0.25, 0.3) is 0 Å². The van der Waals surface area contributed by atoms with Gasteiger partial charge in [0.25, 0.3) is 0 Å². The second kappa shape index (κ2) is 6.70. The monoisotopic (exact) mass is 296 g/mol. The molecular weight excluding hydrogens is 272 g/mol. The predicted octanol–water partition coefficient (Wildman–Crippen LogP) is 2.26. The van der Waals surface area contributed by atoms with Gasteiger partial charge in [0, 0.05) is 12.6 Å². The van der Waals surface area contributed by atoms with Gasteiger partial charge < -0.3 is 5.32 Å². The van der Waals surface area contributed by atoms with Gasteiger partial charge in [-0.1, -0.05) is 19.1 Å². The second-order valence-electron chi connectivity index (χ2n) is 5.57. The Morgan fingerprint density at radius 1 is 1.25 bits per heavy atom. The molecule has 1 aliphatic rings.